The Bertz CT molecular complexity index is 593. The summed E-state index contributed by atoms with van der Waals surface area (Å²) >= 11 is 0. The molecule has 4 nitrogen and oxygen atoms in total. The number of nitrogens with zero attached hydrogens (tertiary/aromatic N) is 2. The number of benzene rings is 1. The summed E-state index contributed by atoms with van der Waals surface area (Å²) in [5, 5.41) is 2.90. The van der Waals surface area contributed by atoms with E-state index in [1.807, 2.05) is 62.6 Å². The van der Waals surface area contributed by atoms with E-state index in [9.17, 15) is 4.79 Å². The number of rotatable bonds is 6. The maximum atomic E-state index is 11.7. The van der Waals surface area contributed by atoms with E-state index in [0.717, 1.165) is 24.3 Å². The van der Waals surface area contributed by atoms with E-state index in [1.54, 1.807) is 0 Å². The maximum Gasteiger partial charge on any atom is 0.226 e. The number of nitrogens with one attached hydrogen (secondary N) is 1. The number of pyridine rings is 1. The highest BCUT2D eigenvalue weighted by Gasteiger charge is 2.07. The lowest BCUT2D eigenvalue weighted by atomic mass is 10.2. The number of carbonyl (C=O) groups excluding carboxylic acids is 1. The Balaban J connectivity index is 1.90. The Morgan fingerprint density at radius 1 is 1.14 bits per heavy atom. The first-order chi connectivity index (χ1) is 10.6. The first kappa shape index (κ1) is 16.0. The quantitative estimate of drug-likeness (QED) is 0.889. The van der Waals surface area contributed by atoms with Crippen LogP contribution in [0.4, 0.5) is 11.4 Å². The van der Waals surface area contributed by atoms with Crippen molar-refractivity contribution in [3.8, 4) is 0 Å². The predicted octanol–water partition coefficient (Wildman–Crippen LogP) is 3.36. The Morgan fingerprint density at radius 2 is 1.77 bits per heavy atom. The monoisotopic (exact) mass is 297 g/mol. The highest BCUT2D eigenvalue weighted by atomic mass is 16.1. The molecule has 1 aromatic heterocycles. The van der Waals surface area contributed by atoms with Crippen LogP contribution in [0.5, 0.6) is 0 Å². The van der Waals surface area contributed by atoms with Gasteiger partial charge in [0.05, 0.1) is 0 Å². The highest BCUT2D eigenvalue weighted by molar-refractivity contribution is 5.92. The molecule has 0 bridgehead atoms. The Kier molecular flexibility index (Phi) is 5.53. The number of amides is 1. The SMILES string of the molecule is CC(C)C(=O)Nc1ccc(N(C)CCc2ccncc2)cc1. The van der Waals surface area contributed by atoms with Crippen molar-refractivity contribution in [1.82, 2.24) is 4.98 Å². The van der Waals surface area contributed by atoms with E-state index >= 15 is 0 Å². The fourth-order valence-electron chi connectivity index (χ4n) is 2.06. The second-order valence-electron chi connectivity index (χ2n) is 5.72. The first-order valence-corrected chi connectivity index (χ1v) is 7.57. The zero-order valence-corrected chi connectivity index (χ0v) is 13.4. The molecule has 0 aliphatic heterocycles. The zero-order chi connectivity index (χ0) is 15.9. The molecular formula is C18H23N3O. The normalized spacial score (nSPS) is 10.5. The Hall–Kier alpha value is -2.36. The highest BCUT2D eigenvalue weighted by Crippen LogP contribution is 2.17. The molecule has 0 aliphatic rings. The average molecular weight is 297 g/mol. The van der Waals surface area contributed by atoms with E-state index in [2.05, 4.69) is 22.2 Å². The summed E-state index contributed by atoms with van der Waals surface area (Å²) in [7, 11) is 2.07. The van der Waals surface area contributed by atoms with Crippen LogP contribution in [-0.4, -0.2) is 24.5 Å². The van der Waals surface area contributed by atoms with Crippen LogP contribution < -0.4 is 10.2 Å². The molecule has 0 radical (unpaired) electrons. The van der Waals surface area contributed by atoms with Crippen LogP contribution in [0.2, 0.25) is 0 Å². The maximum absolute atomic E-state index is 11.7. The number of hydrogen-bond donors (Lipinski definition) is 1. The van der Waals surface area contributed by atoms with Gasteiger partial charge in [0.25, 0.3) is 0 Å². The summed E-state index contributed by atoms with van der Waals surface area (Å²) in [5.74, 6) is 0.0292. The van der Waals surface area contributed by atoms with Gasteiger partial charge >= 0.3 is 0 Å². The standard InChI is InChI=1S/C18H23N3O/c1-14(2)18(22)20-16-4-6-17(7-5-16)21(3)13-10-15-8-11-19-12-9-15/h4-9,11-12,14H,10,13H2,1-3H3,(H,20,22). The van der Waals surface area contributed by atoms with Crippen LogP contribution in [0.3, 0.4) is 0 Å². The summed E-state index contributed by atoms with van der Waals surface area (Å²) in [6, 6.07) is 12.0. The van der Waals surface area contributed by atoms with Gasteiger partial charge in [-0.1, -0.05) is 13.8 Å². The molecule has 22 heavy (non-hydrogen) atoms. The molecule has 2 rings (SSSR count). The fourth-order valence-corrected chi connectivity index (χ4v) is 2.06. The van der Waals surface area contributed by atoms with Crippen molar-refractivity contribution in [3.05, 3.63) is 54.4 Å². The van der Waals surface area contributed by atoms with E-state index in [-0.39, 0.29) is 11.8 Å². The zero-order valence-electron chi connectivity index (χ0n) is 13.4. The van der Waals surface area contributed by atoms with E-state index in [0.29, 0.717) is 0 Å². The number of aromatic nitrogens is 1. The first-order valence-electron chi connectivity index (χ1n) is 7.57. The second-order valence-corrected chi connectivity index (χ2v) is 5.72. The summed E-state index contributed by atoms with van der Waals surface area (Å²) in [6.07, 6.45) is 4.62. The van der Waals surface area contributed by atoms with Crippen LogP contribution in [0, 0.1) is 5.92 Å². The molecule has 116 valence electrons. The molecule has 1 aromatic carbocycles. The molecule has 1 N–H and O–H groups in total. The van der Waals surface area contributed by atoms with Gasteiger partial charge in [0, 0.05) is 43.3 Å². The molecule has 0 atom stereocenters. The third-order valence-electron chi connectivity index (χ3n) is 3.59. The van der Waals surface area contributed by atoms with Gasteiger partial charge in [-0.2, -0.15) is 0 Å². The number of hydrogen-bond acceptors (Lipinski definition) is 3. The molecule has 0 unspecified atom stereocenters. The van der Waals surface area contributed by atoms with Crippen LogP contribution in [-0.2, 0) is 11.2 Å². The van der Waals surface area contributed by atoms with Crippen molar-refractivity contribution in [2.75, 3.05) is 23.8 Å². The number of carbonyl (C=O) groups is 1. The van der Waals surface area contributed by atoms with Crippen LogP contribution in [0.15, 0.2) is 48.8 Å². The molecule has 0 spiro atoms. The topological polar surface area (TPSA) is 45.2 Å². The van der Waals surface area contributed by atoms with Crippen molar-refractivity contribution < 1.29 is 4.79 Å². The lowest BCUT2D eigenvalue weighted by molar-refractivity contribution is -0.118. The van der Waals surface area contributed by atoms with Crippen molar-refractivity contribution in [2.45, 2.75) is 20.3 Å². The van der Waals surface area contributed by atoms with E-state index in [1.165, 1.54) is 5.56 Å². The predicted molar refractivity (Wildman–Crippen MR) is 91.1 cm³/mol. The van der Waals surface area contributed by atoms with Gasteiger partial charge in [-0.15, -0.1) is 0 Å². The van der Waals surface area contributed by atoms with Crippen LogP contribution in [0.25, 0.3) is 0 Å². The summed E-state index contributed by atoms with van der Waals surface area (Å²) in [4.78, 5) is 17.9. The molecule has 4 heteroatoms. The Morgan fingerprint density at radius 3 is 2.36 bits per heavy atom. The average Bonchev–Trinajstić information content (AvgIpc) is 2.54. The fraction of sp³-hybridized carbons (Fsp3) is 0.333. The van der Waals surface area contributed by atoms with Gasteiger partial charge < -0.3 is 10.2 Å². The molecule has 2 aromatic rings. The van der Waals surface area contributed by atoms with Crippen LogP contribution in [0.1, 0.15) is 19.4 Å². The third kappa shape index (κ3) is 4.58. The van der Waals surface area contributed by atoms with E-state index < -0.39 is 0 Å². The number of likely N-dealkylation sites (N-methyl/N-ethyl adjacent to an activating group) is 1. The van der Waals surface area contributed by atoms with Crippen molar-refractivity contribution in [2.24, 2.45) is 5.92 Å². The minimum atomic E-state index is -0.0114. The van der Waals surface area contributed by atoms with Gasteiger partial charge in [0.15, 0.2) is 0 Å². The lowest BCUT2D eigenvalue weighted by Crippen LogP contribution is -2.20. The summed E-state index contributed by atoms with van der Waals surface area (Å²) < 4.78 is 0. The minimum absolute atomic E-state index is 0.0114. The second kappa shape index (κ2) is 7.59. The number of anilines is 2. The van der Waals surface area contributed by atoms with Crippen molar-refractivity contribution in [3.63, 3.8) is 0 Å². The summed E-state index contributed by atoms with van der Waals surface area (Å²) in [6.45, 7) is 4.70. The van der Waals surface area contributed by atoms with Gasteiger partial charge in [0.2, 0.25) is 5.91 Å². The van der Waals surface area contributed by atoms with Crippen LogP contribution >= 0.6 is 0 Å². The van der Waals surface area contributed by atoms with Gasteiger partial charge in [-0.3, -0.25) is 9.78 Å². The van der Waals surface area contributed by atoms with Gasteiger partial charge in [-0.05, 0) is 48.4 Å². The van der Waals surface area contributed by atoms with E-state index in [4.69, 9.17) is 0 Å². The molecule has 0 fully saturated rings. The molecule has 1 heterocycles. The molecule has 0 aliphatic carbocycles. The van der Waals surface area contributed by atoms with Gasteiger partial charge in [-0.25, -0.2) is 0 Å². The van der Waals surface area contributed by atoms with Crippen molar-refractivity contribution >= 4 is 17.3 Å². The lowest BCUT2D eigenvalue weighted by Gasteiger charge is -2.19. The summed E-state index contributed by atoms with van der Waals surface area (Å²) in [5.41, 5.74) is 3.25. The van der Waals surface area contributed by atoms with Gasteiger partial charge in [0.1, 0.15) is 0 Å². The van der Waals surface area contributed by atoms with Crippen molar-refractivity contribution in [1.29, 1.82) is 0 Å². The molecule has 0 saturated carbocycles. The third-order valence-corrected chi connectivity index (χ3v) is 3.59. The Labute approximate surface area is 132 Å². The largest absolute Gasteiger partial charge is 0.374 e. The molecule has 0 saturated heterocycles. The molecule has 1 amide bonds. The minimum Gasteiger partial charge on any atom is -0.374 e. The smallest absolute Gasteiger partial charge is 0.226 e. The molecular weight excluding hydrogens is 274 g/mol.